The Hall–Kier alpha value is -0.160. The number of ether oxygens (including phenoxy) is 1. The monoisotopic (exact) mass is 490 g/mol. The molecule has 0 aliphatic heterocycles. The van der Waals surface area contributed by atoms with Crippen LogP contribution in [-0.4, -0.2) is 46.8 Å². The van der Waals surface area contributed by atoms with Gasteiger partial charge in [0.05, 0.1) is 24.4 Å². The Morgan fingerprint density at radius 3 is 2.20 bits per heavy atom. The molecule has 202 valence electrons. The average Bonchev–Trinajstić information content (AvgIpc) is 3.42. The molecule has 11 unspecified atom stereocenters. The average molecular weight is 491 g/mol. The van der Waals surface area contributed by atoms with Crippen molar-refractivity contribution in [3.63, 3.8) is 0 Å². The number of aliphatic hydroxyl groups excluding tert-OH is 3. The van der Waals surface area contributed by atoms with Crippen LogP contribution in [0.4, 0.5) is 0 Å². The van der Waals surface area contributed by atoms with E-state index >= 15 is 0 Å². The first kappa shape index (κ1) is 26.4. The van der Waals surface area contributed by atoms with Crippen molar-refractivity contribution < 1.29 is 20.1 Å². The smallest absolute Gasteiger partial charge is 0.0880 e. The van der Waals surface area contributed by atoms with Crippen LogP contribution in [0.2, 0.25) is 0 Å². The molecule has 5 fully saturated rings. The molecule has 0 saturated heterocycles. The van der Waals surface area contributed by atoms with Crippen LogP contribution < -0.4 is 0 Å². The number of hydrogen-bond acceptors (Lipinski definition) is 4. The Kier molecular flexibility index (Phi) is 6.17. The van der Waals surface area contributed by atoms with Gasteiger partial charge in [-0.2, -0.15) is 0 Å². The molecule has 0 bridgehead atoms. The SMILES string of the molecule is COC(C)(C)C(O)CCC(C)C1CCC2(C)C3CCC4C(C)(CO)C(O)CCC45CC35CCC12C. The molecule has 35 heavy (non-hydrogen) atoms. The molecule has 0 heterocycles. The Balaban J connectivity index is 1.36. The Labute approximate surface area is 214 Å². The van der Waals surface area contributed by atoms with Gasteiger partial charge < -0.3 is 20.1 Å². The van der Waals surface area contributed by atoms with Gasteiger partial charge in [0, 0.05) is 12.5 Å². The predicted octanol–water partition coefficient (Wildman–Crippen LogP) is 5.96. The van der Waals surface area contributed by atoms with E-state index in [2.05, 4.69) is 27.7 Å². The van der Waals surface area contributed by atoms with Crippen molar-refractivity contribution in [3.05, 3.63) is 0 Å². The lowest BCUT2D eigenvalue weighted by Gasteiger charge is -2.63. The van der Waals surface area contributed by atoms with Gasteiger partial charge in [0.1, 0.15) is 0 Å². The topological polar surface area (TPSA) is 69.9 Å². The van der Waals surface area contributed by atoms with Gasteiger partial charge in [0.25, 0.3) is 0 Å². The van der Waals surface area contributed by atoms with Crippen molar-refractivity contribution in [1.82, 2.24) is 0 Å². The van der Waals surface area contributed by atoms with E-state index in [1.807, 2.05) is 13.8 Å². The van der Waals surface area contributed by atoms with Gasteiger partial charge in [-0.1, -0.05) is 27.7 Å². The Morgan fingerprint density at radius 1 is 0.886 bits per heavy atom. The van der Waals surface area contributed by atoms with Gasteiger partial charge in [-0.05, 0) is 130 Å². The van der Waals surface area contributed by atoms with Crippen molar-refractivity contribution in [2.75, 3.05) is 13.7 Å². The van der Waals surface area contributed by atoms with E-state index in [1.54, 1.807) is 7.11 Å². The van der Waals surface area contributed by atoms with Gasteiger partial charge in [-0.25, -0.2) is 0 Å². The van der Waals surface area contributed by atoms with Crippen molar-refractivity contribution in [1.29, 1.82) is 0 Å². The highest BCUT2D eigenvalue weighted by atomic mass is 16.5. The second-order valence-corrected chi connectivity index (χ2v) is 15.2. The lowest BCUT2D eigenvalue weighted by molar-refractivity contribution is -0.174. The molecule has 5 aliphatic rings. The first-order valence-corrected chi connectivity index (χ1v) is 14.8. The van der Waals surface area contributed by atoms with E-state index in [-0.39, 0.29) is 18.1 Å². The summed E-state index contributed by atoms with van der Waals surface area (Å²) in [7, 11) is 1.70. The first-order chi connectivity index (χ1) is 16.3. The van der Waals surface area contributed by atoms with E-state index in [1.165, 1.54) is 51.4 Å². The third-order valence-corrected chi connectivity index (χ3v) is 14.2. The molecular formula is C31H54O4. The lowest BCUT2D eigenvalue weighted by atomic mass is 9.41. The number of aliphatic hydroxyl groups is 3. The van der Waals surface area contributed by atoms with Gasteiger partial charge in [0.2, 0.25) is 0 Å². The first-order valence-electron chi connectivity index (χ1n) is 14.8. The Bertz CT molecular complexity index is 827. The molecule has 5 saturated carbocycles. The van der Waals surface area contributed by atoms with Crippen LogP contribution in [0.15, 0.2) is 0 Å². The van der Waals surface area contributed by atoms with E-state index in [0.29, 0.717) is 33.5 Å². The number of rotatable bonds is 7. The lowest BCUT2D eigenvalue weighted by Crippen LogP contribution is -2.59. The fraction of sp³-hybridized carbons (Fsp3) is 1.00. The second kappa shape index (κ2) is 8.17. The standard InChI is InChI=1S/C31H54O4/c1-20(8-11-24(33)26(2,3)35-7)21-12-14-29(6)23-10-9-22-27(4,19-32)25(34)13-15-30(22)18-31(23,30)17-16-28(21,29)5/h20-25,32-34H,8-19H2,1-7H3. The van der Waals surface area contributed by atoms with Crippen LogP contribution >= 0.6 is 0 Å². The molecule has 2 spiro atoms. The summed E-state index contributed by atoms with van der Waals surface area (Å²) in [6.07, 6.45) is 12.3. The molecule has 11 atom stereocenters. The Morgan fingerprint density at radius 2 is 1.54 bits per heavy atom. The number of fused-ring (bicyclic) bond motifs is 2. The third kappa shape index (κ3) is 3.24. The summed E-state index contributed by atoms with van der Waals surface area (Å²) < 4.78 is 5.54. The molecule has 0 aromatic rings. The minimum absolute atomic E-state index is 0.127. The summed E-state index contributed by atoms with van der Waals surface area (Å²) in [5.41, 5.74) is 0.774. The molecule has 5 rings (SSSR count). The van der Waals surface area contributed by atoms with Crippen molar-refractivity contribution in [2.45, 2.75) is 130 Å². The van der Waals surface area contributed by atoms with Crippen LogP contribution in [0.3, 0.4) is 0 Å². The maximum absolute atomic E-state index is 10.9. The van der Waals surface area contributed by atoms with Crippen LogP contribution in [0.1, 0.15) is 112 Å². The summed E-state index contributed by atoms with van der Waals surface area (Å²) in [6.45, 7) is 14.0. The maximum atomic E-state index is 10.9. The summed E-state index contributed by atoms with van der Waals surface area (Å²) >= 11 is 0. The molecule has 0 amide bonds. The molecule has 0 radical (unpaired) electrons. The van der Waals surface area contributed by atoms with Crippen LogP contribution in [0.5, 0.6) is 0 Å². The van der Waals surface area contributed by atoms with E-state index < -0.39 is 11.7 Å². The third-order valence-electron chi connectivity index (χ3n) is 14.2. The highest BCUT2D eigenvalue weighted by Crippen LogP contribution is 2.89. The van der Waals surface area contributed by atoms with Crippen molar-refractivity contribution >= 4 is 0 Å². The number of methoxy groups -OCH3 is 1. The summed E-state index contributed by atoms with van der Waals surface area (Å²) in [5.74, 6) is 2.62. The van der Waals surface area contributed by atoms with E-state index in [4.69, 9.17) is 4.74 Å². The zero-order chi connectivity index (χ0) is 25.7. The minimum Gasteiger partial charge on any atom is -0.396 e. The molecule has 3 N–H and O–H groups in total. The minimum atomic E-state index is -0.486. The van der Waals surface area contributed by atoms with Crippen LogP contribution in [0, 0.1) is 50.7 Å². The summed E-state index contributed by atoms with van der Waals surface area (Å²) in [6, 6.07) is 0. The van der Waals surface area contributed by atoms with Crippen molar-refractivity contribution in [2.24, 2.45) is 50.7 Å². The predicted molar refractivity (Wildman–Crippen MR) is 140 cm³/mol. The van der Waals surface area contributed by atoms with Gasteiger partial charge in [-0.15, -0.1) is 0 Å². The molecular weight excluding hydrogens is 436 g/mol. The fourth-order valence-electron chi connectivity index (χ4n) is 11.5. The molecule has 0 aromatic carbocycles. The summed E-state index contributed by atoms with van der Waals surface area (Å²) in [5, 5.41) is 32.0. The van der Waals surface area contributed by atoms with E-state index in [9.17, 15) is 15.3 Å². The number of hydrogen-bond donors (Lipinski definition) is 3. The highest BCUT2D eigenvalue weighted by Gasteiger charge is 2.82. The van der Waals surface area contributed by atoms with Gasteiger partial charge >= 0.3 is 0 Å². The zero-order valence-electron chi connectivity index (χ0n) is 23.7. The highest BCUT2D eigenvalue weighted by molar-refractivity contribution is 5.30. The molecule has 0 aromatic heterocycles. The fourth-order valence-corrected chi connectivity index (χ4v) is 11.5. The normalized spacial score (nSPS) is 52.6. The van der Waals surface area contributed by atoms with Crippen LogP contribution in [-0.2, 0) is 4.74 Å². The largest absolute Gasteiger partial charge is 0.396 e. The van der Waals surface area contributed by atoms with Gasteiger partial charge in [-0.3, -0.25) is 0 Å². The molecule has 5 aliphatic carbocycles. The summed E-state index contributed by atoms with van der Waals surface area (Å²) in [4.78, 5) is 0. The molecule has 4 heteroatoms. The maximum Gasteiger partial charge on any atom is 0.0880 e. The van der Waals surface area contributed by atoms with Crippen LogP contribution in [0.25, 0.3) is 0 Å². The second-order valence-electron chi connectivity index (χ2n) is 15.2. The van der Waals surface area contributed by atoms with E-state index in [0.717, 1.165) is 31.1 Å². The molecule has 4 nitrogen and oxygen atoms in total. The van der Waals surface area contributed by atoms with Gasteiger partial charge in [0.15, 0.2) is 0 Å². The van der Waals surface area contributed by atoms with Crippen molar-refractivity contribution in [3.8, 4) is 0 Å². The quantitative estimate of drug-likeness (QED) is 0.412. The zero-order valence-corrected chi connectivity index (χ0v) is 23.7.